The third-order valence-corrected chi connectivity index (χ3v) is 3.27. The molecule has 0 aromatic carbocycles. The topological polar surface area (TPSA) is 113 Å². The second-order valence-corrected chi connectivity index (χ2v) is 5.09. The van der Waals surface area contributed by atoms with Crippen LogP contribution in [0.15, 0.2) is 0 Å². The van der Waals surface area contributed by atoms with Crippen molar-refractivity contribution in [3.8, 4) is 0 Å². The number of carbonyl (C=O) groups excluding carboxylic acids is 1. The molecule has 0 aromatic heterocycles. The van der Waals surface area contributed by atoms with Crippen LogP contribution in [0.25, 0.3) is 0 Å². The van der Waals surface area contributed by atoms with Gasteiger partial charge in [0.15, 0.2) is 0 Å². The van der Waals surface area contributed by atoms with Crippen LogP contribution in [0, 0.1) is 11.8 Å². The molecule has 0 saturated carbocycles. The van der Waals surface area contributed by atoms with Crippen molar-refractivity contribution in [3.63, 3.8) is 0 Å². The number of amides is 1. The van der Waals surface area contributed by atoms with Gasteiger partial charge in [0, 0.05) is 19.4 Å². The monoisotopic (exact) mass is 274 g/mol. The second-order valence-electron chi connectivity index (χ2n) is 5.09. The normalized spacial score (nSPS) is 14.2. The van der Waals surface area contributed by atoms with Gasteiger partial charge in [-0.25, -0.2) is 4.79 Å². The summed E-state index contributed by atoms with van der Waals surface area (Å²) in [5.74, 6) is -0.589. The Morgan fingerprint density at radius 3 is 2.26 bits per heavy atom. The molecule has 0 aliphatic carbocycles. The lowest BCUT2D eigenvalue weighted by Gasteiger charge is -2.20. The van der Waals surface area contributed by atoms with Crippen molar-refractivity contribution in [2.45, 2.75) is 45.6 Å². The zero-order valence-electron chi connectivity index (χ0n) is 11.8. The molecule has 0 aromatic rings. The molecule has 0 heterocycles. The average Bonchev–Trinajstić information content (AvgIpc) is 2.33. The lowest BCUT2D eigenvalue weighted by atomic mass is 9.88. The Bertz CT molecular complexity index is 282. The summed E-state index contributed by atoms with van der Waals surface area (Å²) >= 11 is 0. The third kappa shape index (κ3) is 7.79. The number of aliphatic hydroxyl groups is 1. The van der Waals surface area contributed by atoms with E-state index in [0.717, 1.165) is 6.42 Å². The van der Waals surface area contributed by atoms with E-state index in [1.165, 1.54) is 0 Å². The van der Waals surface area contributed by atoms with Crippen LogP contribution in [0.2, 0.25) is 0 Å². The van der Waals surface area contributed by atoms with Crippen molar-refractivity contribution < 1.29 is 19.8 Å². The fourth-order valence-electron chi connectivity index (χ4n) is 1.99. The Kier molecular flexibility index (Phi) is 9.16. The smallest absolute Gasteiger partial charge is 0.326 e. The molecular weight excluding hydrogens is 248 g/mol. The zero-order valence-corrected chi connectivity index (χ0v) is 11.8. The number of aliphatic carboxylic acids is 1. The van der Waals surface area contributed by atoms with Gasteiger partial charge < -0.3 is 21.3 Å². The summed E-state index contributed by atoms with van der Waals surface area (Å²) in [5.41, 5.74) is 5.53. The molecular formula is C13H26N2O4. The molecule has 1 amide bonds. The molecule has 0 bridgehead atoms. The Morgan fingerprint density at radius 1 is 1.21 bits per heavy atom. The van der Waals surface area contributed by atoms with Gasteiger partial charge in [0.05, 0.1) is 0 Å². The summed E-state index contributed by atoms with van der Waals surface area (Å²) in [7, 11) is 0. The van der Waals surface area contributed by atoms with E-state index in [9.17, 15) is 9.59 Å². The van der Waals surface area contributed by atoms with Crippen molar-refractivity contribution in [2.75, 3.05) is 13.2 Å². The number of hydrogen-bond donors (Lipinski definition) is 4. The minimum Gasteiger partial charge on any atom is -0.480 e. The maximum atomic E-state index is 11.7. The minimum atomic E-state index is -1.12. The molecule has 112 valence electrons. The highest BCUT2D eigenvalue weighted by Gasteiger charge is 2.20. The number of carboxylic acid groups (broad SMARTS) is 1. The van der Waals surface area contributed by atoms with E-state index >= 15 is 0 Å². The van der Waals surface area contributed by atoms with E-state index in [2.05, 4.69) is 19.2 Å². The highest BCUT2D eigenvalue weighted by molar-refractivity contribution is 5.83. The van der Waals surface area contributed by atoms with E-state index in [1.54, 1.807) is 0 Å². The van der Waals surface area contributed by atoms with Gasteiger partial charge in [-0.1, -0.05) is 13.8 Å². The van der Waals surface area contributed by atoms with E-state index in [0.29, 0.717) is 24.8 Å². The number of nitrogens with one attached hydrogen (secondary N) is 1. The minimum absolute atomic E-state index is 0.0253. The number of aliphatic hydroxyl groups excluding tert-OH is 1. The first-order chi connectivity index (χ1) is 8.92. The van der Waals surface area contributed by atoms with Gasteiger partial charge in [0.2, 0.25) is 5.91 Å². The summed E-state index contributed by atoms with van der Waals surface area (Å²) in [4.78, 5) is 22.5. The molecule has 6 heteroatoms. The van der Waals surface area contributed by atoms with Crippen LogP contribution in [-0.2, 0) is 9.59 Å². The highest BCUT2D eigenvalue weighted by Crippen LogP contribution is 2.20. The fourth-order valence-corrected chi connectivity index (χ4v) is 1.99. The van der Waals surface area contributed by atoms with Crippen LogP contribution in [0.1, 0.15) is 39.5 Å². The van der Waals surface area contributed by atoms with E-state index < -0.39 is 12.0 Å². The standard InChI is InChI=1S/C13H26N2O4/c1-9(2)10(5-7-14)3-4-12(17)15-11(6-8-16)13(18)19/h9-11,16H,3-8,14H2,1-2H3,(H,15,17)(H,18,19)/t10?,11-/m0/s1. The van der Waals surface area contributed by atoms with Crippen molar-refractivity contribution in [3.05, 3.63) is 0 Å². The number of nitrogens with two attached hydrogens (primary N) is 1. The molecule has 0 fully saturated rings. The molecule has 0 saturated heterocycles. The maximum Gasteiger partial charge on any atom is 0.326 e. The fraction of sp³-hybridized carbons (Fsp3) is 0.846. The summed E-state index contributed by atoms with van der Waals surface area (Å²) in [6.45, 7) is 4.50. The average molecular weight is 274 g/mol. The summed E-state index contributed by atoms with van der Waals surface area (Å²) in [6.07, 6.45) is 1.88. The number of rotatable bonds is 10. The third-order valence-electron chi connectivity index (χ3n) is 3.27. The van der Waals surface area contributed by atoms with Gasteiger partial charge in [-0.2, -0.15) is 0 Å². The van der Waals surface area contributed by atoms with Gasteiger partial charge in [0.25, 0.3) is 0 Å². The van der Waals surface area contributed by atoms with Gasteiger partial charge >= 0.3 is 5.97 Å². The number of carboxylic acids is 1. The molecule has 19 heavy (non-hydrogen) atoms. The van der Waals surface area contributed by atoms with Gasteiger partial charge in [-0.05, 0) is 31.2 Å². The van der Waals surface area contributed by atoms with E-state index in [-0.39, 0.29) is 25.4 Å². The predicted molar refractivity (Wildman–Crippen MR) is 72.5 cm³/mol. The van der Waals surface area contributed by atoms with Gasteiger partial charge in [-0.3, -0.25) is 4.79 Å². The molecule has 0 radical (unpaired) electrons. The van der Waals surface area contributed by atoms with Crippen molar-refractivity contribution in [1.82, 2.24) is 5.32 Å². The molecule has 0 aliphatic rings. The second kappa shape index (κ2) is 9.75. The summed E-state index contributed by atoms with van der Waals surface area (Å²) in [6, 6.07) is -1.01. The largest absolute Gasteiger partial charge is 0.480 e. The first-order valence-electron chi connectivity index (χ1n) is 6.75. The predicted octanol–water partition coefficient (Wildman–Crippen LogP) is 0.339. The highest BCUT2D eigenvalue weighted by atomic mass is 16.4. The first kappa shape index (κ1) is 17.9. The molecule has 0 spiro atoms. The molecule has 0 aliphatic heterocycles. The van der Waals surface area contributed by atoms with Crippen LogP contribution in [0.5, 0.6) is 0 Å². The molecule has 1 unspecified atom stereocenters. The van der Waals surface area contributed by atoms with E-state index in [1.807, 2.05) is 0 Å². The van der Waals surface area contributed by atoms with Crippen molar-refractivity contribution in [1.29, 1.82) is 0 Å². The molecule has 5 N–H and O–H groups in total. The Morgan fingerprint density at radius 2 is 1.84 bits per heavy atom. The number of hydrogen-bond acceptors (Lipinski definition) is 4. The zero-order chi connectivity index (χ0) is 14.8. The Balaban J connectivity index is 4.18. The van der Waals surface area contributed by atoms with Crippen LogP contribution in [0.4, 0.5) is 0 Å². The quantitative estimate of drug-likeness (QED) is 0.459. The summed E-state index contributed by atoms with van der Waals surface area (Å²) < 4.78 is 0. The lowest BCUT2D eigenvalue weighted by Crippen LogP contribution is -2.41. The van der Waals surface area contributed by atoms with Crippen molar-refractivity contribution >= 4 is 11.9 Å². The van der Waals surface area contributed by atoms with Gasteiger partial charge in [0.1, 0.15) is 6.04 Å². The molecule has 6 nitrogen and oxygen atoms in total. The number of carbonyl (C=O) groups is 2. The van der Waals surface area contributed by atoms with Crippen molar-refractivity contribution in [2.24, 2.45) is 17.6 Å². The van der Waals surface area contributed by atoms with E-state index in [4.69, 9.17) is 15.9 Å². The van der Waals surface area contributed by atoms with Crippen LogP contribution in [0.3, 0.4) is 0 Å². The lowest BCUT2D eigenvalue weighted by molar-refractivity contribution is -0.142. The molecule has 2 atom stereocenters. The van der Waals surface area contributed by atoms with Crippen LogP contribution in [-0.4, -0.2) is 41.3 Å². The summed E-state index contributed by atoms with van der Waals surface area (Å²) in [5, 5.41) is 20.0. The van der Waals surface area contributed by atoms with Crippen LogP contribution >= 0.6 is 0 Å². The van der Waals surface area contributed by atoms with Gasteiger partial charge in [-0.15, -0.1) is 0 Å². The Labute approximate surface area is 114 Å². The first-order valence-corrected chi connectivity index (χ1v) is 6.75. The Hall–Kier alpha value is -1.14. The SMILES string of the molecule is CC(C)C(CCN)CCC(=O)N[C@@H](CCO)C(=O)O. The van der Waals surface area contributed by atoms with Crippen LogP contribution < -0.4 is 11.1 Å². The maximum absolute atomic E-state index is 11.7. The molecule has 0 rings (SSSR count).